The van der Waals surface area contributed by atoms with E-state index in [0.717, 1.165) is 28.9 Å². The van der Waals surface area contributed by atoms with Crippen LogP contribution < -0.4 is 20.3 Å². The summed E-state index contributed by atoms with van der Waals surface area (Å²) in [6.07, 6.45) is 0.215. The smallest absolute Gasteiger partial charge is 0.262 e. The zero-order valence-electron chi connectivity index (χ0n) is 16.6. The summed E-state index contributed by atoms with van der Waals surface area (Å²) in [5.41, 5.74) is 3.79. The van der Waals surface area contributed by atoms with Crippen molar-refractivity contribution in [2.24, 2.45) is 0 Å². The summed E-state index contributed by atoms with van der Waals surface area (Å²) in [4.78, 5) is 27.0. The largest absolute Gasteiger partial charge is 0.477 e. The van der Waals surface area contributed by atoms with E-state index in [1.165, 1.54) is 0 Å². The molecule has 1 heterocycles. The number of anilines is 2. The third-order valence-electron chi connectivity index (χ3n) is 4.54. The first kappa shape index (κ1) is 19.7. The van der Waals surface area contributed by atoms with Gasteiger partial charge in [0, 0.05) is 12.2 Å². The number of benzene rings is 2. The van der Waals surface area contributed by atoms with E-state index in [4.69, 9.17) is 4.74 Å². The van der Waals surface area contributed by atoms with Crippen LogP contribution >= 0.6 is 0 Å². The maximum absolute atomic E-state index is 12.7. The second-order valence-corrected chi connectivity index (χ2v) is 7.17. The van der Waals surface area contributed by atoms with Crippen molar-refractivity contribution in [2.45, 2.75) is 33.3 Å². The lowest BCUT2D eigenvalue weighted by atomic mass is 10.1. The number of nitrogens with one attached hydrogen (secondary N) is 2. The molecule has 2 amide bonds. The molecule has 0 aliphatic carbocycles. The molecule has 2 aromatic carbocycles. The standard InChI is InChI=1S/C22H27N3O3/c1-4-9-23-22(27)20-13-25(18-7-5-6-8-19(18)28-20)14-21(26)24-17-11-15(2)10-16(3)12-17/h5-8,10-12,20H,4,9,13-14H2,1-3H3,(H,23,27)(H,24,26)/t20-/m0/s1. The topological polar surface area (TPSA) is 70.7 Å². The van der Waals surface area contributed by atoms with Crippen LogP contribution in [0.1, 0.15) is 24.5 Å². The predicted molar refractivity (Wildman–Crippen MR) is 111 cm³/mol. The number of hydrogen-bond donors (Lipinski definition) is 2. The number of amides is 2. The molecule has 1 atom stereocenters. The van der Waals surface area contributed by atoms with Gasteiger partial charge in [-0.1, -0.05) is 25.1 Å². The molecule has 1 aliphatic rings. The summed E-state index contributed by atoms with van der Waals surface area (Å²) in [5.74, 6) is 0.329. The summed E-state index contributed by atoms with van der Waals surface area (Å²) in [6.45, 7) is 7.08. The van der Waals surface area contributed by atoms with Gasteiger partial charge in [-0.3, -0.25) is 9.59 Å². The molecule has 0 radical (unpaired) electrons. The fourth-order valence-corrected chi connectivity index (χ4v) is 3.38. The van der Waals surface area contributed by atoms with Gasteiger partial charge in [0.15, 0.2) is 6.10 Å². The van der Waals surface area contributed by atoms with Crippen LogP contribution in [-0.2, 0) is 9.59 Å². The van der Waals surface area contributed by atoms with E-state index in [0.29, 0.717) is 18.8 Å². The first-order chi connectivity index (χ1) is 13.5. The number of carbonyl (C=O) groups is 2. The van der Waals surface area contributed by atoms with Crippen LogP contribution in [0.25, 0.3) is 0 Å². The molecule has 1 aliphatic heterocycles. The molecule has 3 rings (SSSR count). The highest BCUT2D eigenvalue weighted by atomic mass is 16.5. The van der Waals surface area contributed by atoms with Crippen molar-refractivity contribution in [1.82, 2.24) is 5.32 Å². The van der Waals surface area contributed by atoms with Crippen molar-refractivity contribution < 1.29 is 14.3 Å². The van der Waals surface area contributed by atoms with Gasteiger partial charge in [-0.2, -0.15) is 0 Å². The Balaban J connectivity index is 1.73. The van der Waals surface area contributed by atoms with Crippen molar-refractivity contribution in [3.05, 3.63) is 53.6 Å². The van der Waals surface area contributed by atoms with Gasteiger partial charge in [0.1, 0.15) is 5.75 Å². The molecule has 148 valence electrons. The molecule has 2 aromatic rings. The van der Waals surface area contributed by atoms with E-state index in [9.17, 15) is 9.59 Å². The van der Waals surface area contributed by atoms with E-state index in [-0.39, 0.29) is 18.4 Å². The quantitative estimate of drug-likeness (QED) is 0.807. The predicted octanol–water partition coefficient (Wildman–Crippen LogP) is 3.04. The van der Waals surface area contributed by atoms with Gasteiger partial charge in [0.05, 0.1) is 18.8 Å². The molecule has 0 fully saturated rings. The second-order valence-electron chi connectivity index (χ2n) is 7.17. The van der Waals surface area contributed by atoms with Crippen molar-refractivity contribution in [3.8, 4) is 5.75 Å². The fraction of sp³-hybridized carbons (Fsp3) is 0.364. The molecular weight excluding hydrogens is 354 g/mol. The lowest BCUT2D eigenvalue weighted by molar-refractivity contribution is -0.128. The van der Waals surface area contributed by atoms with Crippen LogP contribution in [0.3, 0.4) is 0 Å². The van der Waals surface area contributed by atoms with Crippen LogP contribution in [0.4, 0.5) is 11.4 Å². The summed E-state index contributed by atoms with van der Waals surface area (Å²) in [7, 11) is 0. The average Bonchev–Trinajstić information content (AvgIpc) is 2.65. The molecule has 0 aromatic heterocycles. The summed E-state index contributed by atoms with van der Waals surface area (Å²) in [5, 5.41) is 5.83. The Bertz CT molecular complexity index is 846. The number of hydrogen-bond acceptors (Lipinski definition) is 4. The number of ether oxygens (including phenoxy) is 1. The van der Waals surface area contributed by atoms with Crippen LogP contribution in [0.15, 0.2) is 42.5 Å². The highest BCUT2D eigenvalue weighted by Crippen LogP contribution is 2.33. The van der Waals surface area contributed by atoms with Gasteiger partial charge in [-0.15, -0.1) is 0 Å². The second kappa shape index (κ2) is 8.78. The number of rotatable bonds is 6. The molecule has 0 bridgehead atoms. The zero-order chi connectivity index (χ0) is 20.1. The molecular formula is C22H27N3O3. The third-order valence-corrected chi connectivity index (χ3v) is 4.54. The minimum Gasteiger partial charge on any atom is -0.477 e. The molecule has 2 N–H and O–H groups in total. The Morgan fingerprint density at radius 2 is 1.86 bits per heavy atom. The van der Waals surface area contributed by atoms with E-state index in [1.54, 1.807) is 0 Å². The molecule has 0 saturated carbocycles. The molecule has 0 spiro atoms. The molecule has 0 unspecified atom stereocenters. The highest BCUT2D eigenvalue weighted by Gasteiger charge is 2.31. The normalized spacial score (nSPS) is 15.4. The molecule has 0 saturated heterocycles. The number of carbonyl (C=O) groups excluding carboxylic acids is 2. The minimum atomic E-state index is -0.643. The van der Waals surface area contributed by atoms with Crippen LogP contribution in [-0.4, -0.2) is 37.6 Å². The van der Waals surface area contributed by atoms with Gasteiger partial charge in [-0.05, 0) is 55.7 Å². The van der Waals surface area contributed by atoms with Gasteiger partial charge in [-0.25, -0.2) is 0 Å². The van der Waals surface area contributed by atoms with Crippen molar-refractivity contribution >= 4 is 23.2 Å². The monoisotopic (exact) mass is 381 g/mol. The van der Waals surface area contributed by atoms with Gasteiger partial charge in [0.25, 0.3) is 5.91 Å². The Morgan fingerprint density at radius 3 is 2.57 bits per heavy atom. The number of para-hydroxylation sites is 2. The fourth-order valence-electron chi connectivity index (χ4n) is 3.38. The van der Waals surface area contributed by atoms with Crippen LogP contribution in [0.2, 0.25) is 0 Å². The Kier molecular flexibility index (Phi) is 6.19. The van der Waals surface area contributed by atoms with Gasteiger partial charge in [0.2, 0.25) is 5.91 Å². The van der Waals surface area contributed by atoms with Crippen molar-refractivity contribution in [3.63, 3.8) is 0 Å². The van der Waals surface area contributed by atoms with E-state index in [2.05, 4.69) is 16.7 Å². The van der Waals surface area contributed by atoms with Crippen LogP contribution in [0.5, 0.6) is 5.75 Å². The van der Waals surface area contributed by atoms with E-state index in [1.807, 2.05) is 62.1 Å². The first-order valence-corrected chi connectivity index (χ1v) is 9.62. The SMILES string of the molecule is CCCNC(=O)[C@@H]1CN(CC(=O)Nc2cc(C)cc(C)c2)c2ccccc2O1. The van der Waals surface area contributed by atoms with Gasteiger partial charge >= 0.3 is 0 Å². The lowest BCUT2D eigenvalue weighted by Crippen LogP contribution is -2.50. The summed E-state index contributed by atoms with van der Waals surface area (Å²) < 4.78 is 5.87. The maximum Gasteiger partial charge on any atom is 0.262 e. The summed E-state index contributed by atoms with van der Waals surface area (Å²) >= 11 is 0. The lowest BCUT2D eigenvalue weighted by Gasteiger charge is -2.35. The van der Waals surface area contributed by atoms with Crippen LogP contribution in [0, 0.1) is 13.8 Å². The third kappa shape index (κ3) is 4.82. The number of nitrogens with zero attached hydrogens (tertiary/aromatic N) is 1. The number of fused-ring (bicyclic) bond motifs is 1. The Morgan fingerprint density at radius 1 is 1.14 bits per heavy atom. The van der Waals surface area contributed by atoms with E-state index >= 15 is 0 Å². The van der Waals surface area contributed by atoms with E-state index < -0.39 is 6.10 Å². The van der Waals surface area contributed by atoms with Crippen molar-refractivity contribution in [2.75, 3.05) is 29.9 Å². The number of aryl methyl sites for hydroxylation is 2. The Labute approximate surface area is 165 Å². The first-order valence-electron chi connectivity index (χ1n) is 9.62. The minimum absolute atomic E-state index is 0.130. The molecule has 28 heavy (non-hydrogen) atoms. The maximum atomic E-state index is 12.7. The average molecular weight is 381 g/mol. The zero-order valence-corrected chi connectivity index (χ0v) is 16.6. The summed E-state index contributed by atoms with van der Waals surface area (Å²) in [6, 6.07) is 13.4. The highest BCUT2D eigenvalue weighted by molar-refractivity contribution is 5.95. The molecule has 6 heteroatoms. The van der Waals surface area contributed by atoms with Crippen molar-refractivity contribution in [1.29, 1.82) is 0 Å². The molecule has 6 nitrogen and oxygen atoms in total. The Hall–Kier alpha value is -3.02. The van der Waals surface area contributed by atoms with Gasteiger partial charge < -0.3 is 20.3 Å².